The van der Waals surface area contributed by atoms with Crippen LogP contribution in [0.5, 0.6) is 5.75 Å². The van der Waals surface area contributed by atoms with Gasteiger partial charge in [-0.3, -0.25) is 4.79 Å². The van der Waals surface area contributed by atoms with Gasteiger partial charge in [0.1, 0.15) is 11.6 Å². The molecule has 0 fully saturated rings. The molecular formula is C28H24F3N3O4S. The van der Waals surface area contributed by atoms with E-state index in [2.05, 4.69) is 20.0 Å². The number of carbonyl (C=O) groups excluding carboxylic acids is 1. The maximum atomic E-state index is 13.1. The van der Waals surface area contributed by atoms with Crippen LogP contribution in [-0.4, -0.2) is 36.4 Å². The third-order valence-corrected chi connectivity index (χ3v) is 7.55. The zero-order chi connectivity index (χ0) is 28.2. The molecule has 0 saturated carbocycles. The molecule has 0 aliphatic rings. The molecule has 1 amide bonds. The van der Waals surface area contributed by atoms with Gasteiger partial charge in [-0.15, -0.1) is 13.2 Å². The maximum Gasteiger partial charge on any atom is 0.573 e. The molecule has 0 bridgehead atoms. The monoisotopic (exact) mass is 555 g/mol. The predicted molar refractivity (Wildman–Crippen MR) is 141 cm³/mol. The average Bonchev–Trinajstić information content (AvgIpc) is 2.88. The number of amides is 1. The molecule has 4 aromatic rings. The summed E-state index contributed by atoms with van der Waals surface area (Å²) in [5.41, 5.74) is 2.21. The second-order valence-electron chi connectivity index (χ2n) is 8.53. The normalized spacial score (nSPS) is 11.7. The first-order chi connectivity index (χ1) is 18.5. The van der Waals surface area contributed by atoms with E-state index in [-0.39, 0.29) is 22.6 Å². The number of halogens is 3. The summed E-state index contributed by atoms with van der Waals surface area (Å²) in [6.45, 7) is 3.22. The Morgan fingerprint density at radius 3 is 2.31 bits per heavy atom. The fraction of sp³-hybridized carbons (Fsp3) is 0.179. The van der Waals surface area contributed by atoms with E-state index in [1.54, 1.807) is 56.3 Å². The fourth-order valence-corrected chi connectivity index (χ4v) is 4.90. The molecule has 3 aromatic carbocycles. The summed E-state index contributed by atoms with van der Waals surface area (Å²) in [6, 6.07) is 18.2. The number of nitrogens with zero attached hydrogens (tertiary/aromatic N) is 2. The number of carbonyl (C=O) groups is 1. The second-order valence-corrected chi connectivity index (χ2v) is 10.8. The Hall–Kier alpha value is -4.25. The zero-order valence-corrected chi connectivity index (χ0v) is 21.8. The number of hydrogen-bond donors (Lipinski definition) is 1. The summed E-state index contributed by atoms with van der Waals surface area (Å²) >= 11 is 0. The molecule has 1 aromatic heterocycles. The lowest BCUT2D eigenvalue weighted by Gasteiger charge is -2.19. The molecule has 0 spiro atoms. The van der Waals surface area contributed by atoms with Crippen LogP contribution in [0, 0.1) is 6.92 Å². The highest BCUT2D eigenvalue weighted by Gasteiger charge is 2.32. The van der Waals surface area contributed by atoms with Gasteiger partial charge in [0.05, 0.1) is 28.5 Å². The second kappa shape index (κ2) is 11.2. The van der Waals surface area contributed by atoms with E-state index in [1.165, 1.54) is 36.5 Å². The molecule has 0 unspecified atom stereocenters. The number of hydrogen-bond acceptors (Lipinski definition) is 6. The summed E-state index contributed by atoms with van der Waals surface area (Å²) in [4.78, 5) is 21.7. The Labute approximate surface area is 223 Å². The Morgan fingerprint density at radius 2 is 1.64 bits per heavy atom. The van der Waals surface area contributed by atoms with Crippen molar-refractivity contribution in [2.45, 2.75) is 31.5 Å². The average molecular weight is 556 g/mol. The van der Waals surface area contributed by atoms with Crippen molar-refractivity contribution >= 4 is 21.4 Å². The van der Waals surface area contributed by atoms with Crippen molar-refractivity contribution in [3.05, 3.63) is 90.4 Å². The van der Waals surface area contributed by atoms with Gasteiger partial charge in [-0.2, -0.15) is 0 Å². The van der Waals surface area contributed by atoms with Crippen LogP contribution in [-0.2, 0) is 21.1 Å². The largest absolute Gasteiger partial charge is 0.573 e. The number of nitrogens with one attached hydrogen (secondary N) is 1. The van der Waals surface area contributed by atoms with Crippen LogP contribution >= 0.6 is 0 Å². The molecule has 0 atom stereocenters. The number of sulfone groups is 1. The quantitative estimate of drug-likeness (QED) is 0.287. The van der Waals surface area contributed by atoms with Crippen molar-refractivity contribution in [1.82, 2.24) is 9.97 Å². The third-order valence-electron chi connectivity index (χ3n) is 5.80. The number of aromatic nitrogens is 2. The molecule has 1 heterocycles. The molecule has 39 heavy (non-hydrogen) atoms. The van der Waals surface area contributed by atoms with Crippen molar-refractivity contribution in [3.8, 4) is 28.1 Å². The van der Waals surface area contributed by atoms with Crippen LogP contribution in [0.25, 0.3) is 22.4 Å². The van der Waals surface area contributed by atoms with E-state index in [0.29, 0.717) is 33.9 Å². The van der Waals surface area contributed by atoms with Crippen LogP contribution in [0.2, 0.25) is 0 Å². The summed E-state index contributed by atoms with van der Waals surface area (Å²) in [5.74, 6) is -0.416. The number of para-hydroxylation sites is 1. The van der Waals surface area contributed by atoms with E-state index >= 15 is 0 Å². The van der Waals surface area contributed by atoms with E-state index in [0.717, 1.165) is 0 Å². The molecule has 11 heteroatoms. The predicted octanol–water partition coefficient (Wildman–Crippen LogP) is 5.99. The molecule has 0 radical (unpaired) electrons. The SMILES string of the molecule is CCS(=O)(=O)c1ccc(CC(=O)Nc2cccc(-c3ccccc3OC(F)(F)F)c2-c2ccnc(C)n2)cc1. The highest BCUT2D eigenvalue weighted by atomic mass is 32.2. The van der Waals surface area contributed by atoms with Crippen LogP contribution in [0.3, 0.4) is 0 Å². The lowest BCUT2D eigenvalue weighted by Crippen LogP contribution is -2.18. The van der Waals surface area contributed by atoms with Gasteiger partial charge in [0, 0.05) is 17.3 Å². The Bertz CT molecular complexity index is 1610. The standard InChI is InChI=1S/C28H24F3N3O4S/c1-3-39(36,37)20-13-11-19(12-14-20)17-26(35)34-23-9-6-8-22(27(23)24-15-16-32-18(2)33-24)21-7-4-5-10-25(21)38-28(29,30)31/h4-16H,3,17H2,1-2H3,(H,34,35). The lowest BCUT2D eigenvalue weighted by atomic mass is 9.95. The van der Waals surface area contributed by atoms with Crippen LogP contribution in [0.1, 0.15) is 18.3 Å². The molecule has 7 nitrogen and oxygen atoms in total. The van der Waals surface area contributed by atoms with Crippen molar-refractivity contribution in [1.29, 1.82) is 0 Å². The Balaban J connectivity index is 1.73. The number of benzene rings is 3. The topological polar surface area (TPSA) is 98.2 Å². The van der Waals surface area contributed by atoms with Gasteiger partial charge in [0.15, 0.2) is 9.84 Å². The third kappa shape index (κ3) is 6.80. The van der Waals surface area contributed by atoms with E-state index < -0.39 is 27.9 Å². The Kier molecular flexibility index (Phi) is 8.01. The first-order valence-electron chi connectivity index (χ1n) is 11.9. The van der Waals surface area contributed by atoms with Gasteiger partial charge in [0.25, 0.3) is 0 Å². The van der Waals surface area contributed by atoms with E-state index in [9.17, 15) is 26.4 Å². The minimum atomic E-state index is -4.90. The number of alkyl halides is 3. The first kappa shape index (κ1) is 27.8. The minimum Gasteiger partial charge on any atom is -0.405 e. The van der Waals surface area contributed by atoms with Crippen molar-refractivity contribution < 1.29 is 31.1 Å². The molecule has 4 rings (SSSR count). The van der Waals surface area contributed by atoms with Gasteiger partial charge in [-0.25, -0.2) is 18.4 Å². The molecular weight excluding hydrogens is 531 g/mol. The summed E-state index contributed by atoms with van der Waals surface area (Å²) in [6.07, 6.45) is -3.45. The van der Waals surface area contributed by atoms with Crippen molar-refractivity contribution in [2.24, 2.45) is 0 Å². The van der Waals surface area contributed by atoms with E-state index in [1.807, 2.05) is 0 Å². The summed E-state index contributed by atoms with van der Waals surface area (Å²) in [5, 5.41) is 2.83. The van der Waals surface area contributed by atoms with Crippen LogP contribution < -0.4 is 10.1 Å². The number of ether oxygens (including phenoxy) is 1. The highest BCUT2D eigenvalue weighted by molar-refractivity contribution is 7.91. The van der Waals surface area contributed by atoms with Crippen molar-refractivity contribution in [2.75, 3.05) is 11.1 Å². The molecule has 0 aliphatic carbocycles. The highest BCUT2D eigenvalue weighted by Crippen LogP contribution is 2.42. The van der Waals surface area contributed by atoms with Gasteiger partial charge < -0.3 is 10.1 Å². The van der Waals surface area contributed by atoms with Gasteiger partial charge >= 0.3 is 6.36 Å². The zero-order valence-electron chi connectivity index (χ0n) is 21.0. The Morgan fingerprint density at radius 1 is 0.949 bits per heavy atom. The minimum absolute atomic E-state index is 0.0361. The number of aryl methyl sites for hydroxylation is 1. The molecule has 202 valence electrons. The van der Waals surface area contributed by atoms with Gasteiger partial charge in [-0.1, -0.05) is 49.4 Å². The first-order valence-corrected chi connectivity index (χ1v) is 13.5. The fourth-order valence-electron chi connectivity index (χ4n) is 4.02. The van der Waals surface area contributed by atoms with Gasteiger partial charge in [-0.05, 0) is 48.4 Å². The van der Waals surface area contributed by atoms with Gasteiger partial charge in [0.2, 0.25) is 5.91 Å². The molecule has 0 aliphatic heterocycles. The smallest absolute Gasteiger partial charge is 0.405 e. The number of anilines is 1. The maximum absolute atomic E-state index is 13.1. The van der Waals surface area contributed by atoms with E-state index in [4.69, 9.17) is 0 Å². The van der Waals surface area contributed by atoms with Crippen LogP contribution in [0.15, 0.2) is 83.9 Å². The summed E-state index contributed by atoms with van der Waals surface area (Å²) in [7, 11) is -3.37. The lowest BCUT2D eigenvalue weighted by molar-refractivity contribution is -0.274. The molecule has 0 saturated heterocycles. The molecule has 1 N–H and O–H groups in total. The van der Waals surface area contributed by atoms with Crippen molar-refractivity contribution in [3.63, 3.8) is 0 Å². The number of rotatable bonds is 8. The van der Waals surface area contributed by atoms with Crippen LogP contribution in [0.4, 0.5) is 18.9 Å². The summed E-state index contributed by atoms with van der Waals surface area (Å²) < 4.78 is 67.8.